The highest BCUT2D eigenvalue weighted by Gasteiger charge is 2.25. The standard InChI is InChI=1S/C23H24N4O2/c24-23-25-13-12-20(26-23)21-7-3-4-14-27(21)15-16-8-10-17(11-9-16)18-5-1-2-6-19(18)22(28)29/h1-2,5-6,8-13,21H,3-4,7,14-15H2,(H,28,29)(H2,24,25,26). The van der Waals surface area contributed by atoms with Crippen LogP contribution in [0.25, 0.3) is 11.1 Å². The first-order valence-electron chi connectivity index (χ1n) is 9.86. The maximum absolute atomic E-state index is 11.5. The molecule has 0 bridgehead atoms. The summed E-state index contributed by atoms with van der Waals surface area (Å²) in [6.07, 6.45) is 5.12. The lowest BCUT2D eigenvalue weighted by Gasteiger charge is -2.35. The third kappa shape index (κ3) is 4.27. The van der Waals surface area contributed by atoms with Crippen molar-refractivity contribution in [1.29, 1.82) is 0 Å². The van der Waals surface area contributed by atoms with Gasteiger partial charge >= 0.3 is 5.97 Å². The van der Waals surface area contributed by atoms with Crippen LogP contribution in [0.5, 0.6) is 0 Å². The number of aromatic carboxylic acids is 1. The van der Waals surface area contributed by atoms with E-state index in [2.05, 4.69) is 27.0 Å². The van der Waals surface area contributed by atoms with Gasteiger partial charge in [-0.1, -0.05) is 48.9 Å². The van der Waals surface area contributed by atoms with E-state index in [1.165, 1.54) is 18.4 Å². The van der Waals surface area contributed by atoms with Crippen molar-refractivity contribution in [3.8, 4) is 11.1 Å². The molecule has 0 radical (unpaired) electrons. The van der Waals surface area contributed by atoms with Gasteiger partial charge in [0.1, 0.15) is 0 Å². The van der Waals surface area contributed by atoms with E-state index < -0.39 is 5.97 Å². The molecule has 1 atom stereocenters. The van der Waals surface area contributed by atoms with Gasteiger partial charge in [-0.25, -0.2) is 14.8 Å². The molecule has 1 aromatic heterocycles. The van der Waals surface area contributed by atoms with Crippen LogP contribution in [0.4, 0.5) is 5.95 Å². The first-order valence-corrected chi connectivity index (χ1v) is 9.86. The Morgan fingerprint density at radius 2 is 1.90 bits per heavy atom. The van der Waals surface area contributed by atoms with Gasteiger partial charge in [0.25, 0.3) is 0 Å². The van der Waals surface area contributed by atoms with Gasteiger partial charge in [-0.2, -0.15) is 0 Å². The highest BCUT2D eigenvalue weighted by molar-refractivity contribution is 5.95. The van der Waals surface area contributed by atoms with Gasteiger partial charge in [0, 0.05) is 12.7 Å². The van der Waals surface area contributed by atoms with E-state index in [0.29, 0.717) is 11.5 Å². The minimum absolute atomic E-state index is 0.237. The molecule has 148 valence electrons. The molecule has 1 aliphatic heterocycles. The number of rotatable bonds is 5. The molecule has 2 aromatic carbocycles. The zero-order valence-corrected chi connectivity index (χ0v) is 16.2. The van der Waals surface area contributed by atoms with Crippen LogP contribution in [0.3, 0.4) is 0 Å². The number of carboxylic acid groups (broad SMARTS) is 1. The van der Waals surface area contributed by atoms with Gasteiger partial charge < -0.3 is 10.8 Å². The summed E-state index contributed by atoms with van der Waals surface area (Å²) < 4.78 is 0. The molecule has 1 fully saturated rings. The Balaban J connectivity index is 1.54. The van der Waals surface area contributed by atoms with Crippen LogP contribution < -0.4 is 5.73 Å². The van der Waals surface area contributed by atoms with Crippen LogP contribution in [0, 0.1) is 0 Å². The number of piperidine rings is 1. The Labute approximate surface area is 170 Å². The lowest BCUT2D eigenvalue weighted by molar-refractivity contribution is 0.0697. The van der Waals surface area contributed by atoms with E-state index in [0.717, 1.165) is 36.3 Å². The molecule has 1 unspecified atom stereocenters. The predicted octanol–water partition coefficient (Wildman–Crippen LogP) is 4.15. The lowest BCUT2D eigenvalue weighted by Crippen LogP contribution is -2.33. The molecule has 3 N–H and O–H groups in total. The third-order valence-electron chi connectivity index (χ3n) is 5.46. The number of nitrogens with zero attached hydrogens (tertiary/aromatic N) is 3. The Bertz CT molecular complexity index is 1000. The maximum atomic E-state index is 11.5. The van der Waals surface area contributed by atoms with Gasteiger partial charge in [0.05, 0.1) is 17.3 Å². The highest BCUT2D eigenvalue weighted by Crippen LogP contribution is 2.32. The van der Waals surface area contributed by atoms with Crippen molar-refractivity contribution in [1.82, 2.24) is 14.9 Å². The number of hydrogen-bond acceptors (Lipinski definition) is 5. The predicted molar refractivity (Wildman–Crippen MR) is 112 cm³/mol. The number of carboxylic acids is 1. The average Bonchev–Trinajstić information content (AvgIpc) is 2.75. The van der Waals surface area contributed by atoms with Crippen LogP contribution in [-0.2, 0) is 6.54 Å². The van der Waals surface area contributed by atoms with E-state index in [4.69, 9.17) is 5.73 Å². The summed E-state index contributed by atoms with van der Waals surface area (Å²) >= 11 is 0. The second-order valence-corrected chi connectivity index (χ2v) is 7.37. The molecule has 0 amide bonds. The summed E-state index contributed by atoms with van der Waals surface area (Å²) in [5, 5.41) is 9.43. The van der Waals surface area contributed by atoms with E-state index in [1.807, 2.05) is 30.3 Å². The second kappa shape index (κ2) is 8.41. The molecular formula is C23H24N4O2. The van der Waals surface area contributed by atoms with Crippen LogP contribution in [0.1, 0.15) is 46.9 Å². The SMILES string of the molecule is Nc1nccc(C2CCCCN2Cc2ccc(-c3ccccc3C(=O)O)cc2)n1. The van der Waals surface area contributed by atoms with E-state index in [9.17, 15) is 9.90 Å². The van der Waals surface area contributed by atoms with Gasteiger partial charge in [-0.3, -0.25) is 4.90 Å². The van der Waals surface area contributed by atoms with Crippen molar-refractivity contribution in [2.24, 2.45) is 0 Å². The summed E-state index contributed by atoms with van der Waals surface area (Å²) in [6, 6.07) is 17.4. The van der Waals surface area contributed by atoms with Crippen molar-refractivity contribution < 1.29 is 9.90 Å². The number of aromatic nitrogens is 2. The zero-order valence-electron chi connectivity index (χ0n) is 16.2. The normalized spacial score (nSPS) is 17.2. The highest BCUT2D eigenvalue weighted by atomic mass is 16.4. The van der Waals surface area contributed by atoms with Gasteiger partial charge in [0.2, 0.25) is 5.95 Å². The van der Waals surface area contributed by atoms with Gasteiger partial charge in [0.15, 0.2) is 0 Å². The van der Waals surface area contributed by atoms with E-state index in [1.54, 1.807) is 18.3 Å². The quantitative estimate of drug-likeness (QED) is 0.682. The Kier molecular flexibility index (Phi) is 5.53. The first kappa shape index (κ1) is 19.1. The second-order valence-electron chi connectivity index (χ2n) is 7.37. The van der Waals surface area contributed by atoms with E-state index in [-0.39, 0.29) is 6.04 Å². The number of nitrogens with two attached hydrogens (primary N) is 1. The van der Waals surface area contributed by atoms with Crippen molar-refractivity contribution in [3.05, 3.63) is 77.6 Å². The number of hydrogen-bond donors (Lipinski definition) is 2. The van der Waals surface area contributed by atoms with Crippen LogP contribution in [0.15, 0.2) is 60.8 Å². The minimum atomic E-state index is -0.912. The largest absolute Gasteiger partial charge is 0.478 e. The van der Waals surface area contributed by atoms with Crippen LogP contribution in [0.2, 0.25) is 0 Å². The first-order chi connectivity index (χ1) is 14.1. The van der Waals surface area contributed by atoms with Crippen molar-refractivity contribution in [3.63, 3.8) is 0 Å². The number of likely N-dealkylation sites (tertiary alicyclic amines) is 1. The minimum Gasteiger partial charge on any atom is -0.478 e. The summed E-state index contributed by atoms with van der Waals surface area (Å²) in [7, 11) is 0. The maximum Gasteiger partial charge on any atom is 0.336 e. The Hall–Kier alpha value is -3.25. The summed E-state index contributed by atoms with van der Waals surface area (Å²) in [5.41, 5.74) is 9.91. The topological polar surface area (TPSA) is 92.3 Å². The molecular weight excluding hydrogens is 364 g/mol. The summed E-state index contributed by atoms with van der Waals surface area (Å²) in [4.78, 5) is 22.4. The molecule has 6 nitrogen and oxygen atoms in total. The number of nitrogen functional groups attached to an aromatic ring is 1. The number of anilines is 1. The smallest absolute Gasteiger partial charge is 0.336 e. The van der Waals surface area contributed by atoms with Crippen molar-refractivity contribution in [2.75, 3.05) is 12.3 Å². The zero-order chi connectivity index (χ0) is 20.2. The average molecular weight is 388 g/mol. The molecule has 4 rings (SSSR count). The molecule has 1 aliphatic rings. The lowest BCUT2D eigenvalue weighted by atomic mass is 9.96. The number of carbonyl (C=O) groups is 1. The molecule has 6 heteroatoms. The molecule has 1 saturated heterocycles. The molecule has 29 heavy (non-hydrogen) atoms. The molecule has 2 heterocycles. The monoisotopic (exact) mass is 388 g/mol. The number of benzene rings is 2. The van der Waals surface area contributed by atoms with Crippen molar-refractivity contribution >= 4 is 11.9 Å². The van der Waals surface area contributed by atoms with Crippen molar-refractivity contribution in [2.45, 2.75) is 31.8 Å². The third-order valence-corrected chi connectivity index (χ3v) is 5.46. The van der Waals surface area contributed by atoms with Gasteiger partial charge in [-0.05, 0) is 48.2 Å². The molecule has 0 spiro atoms. The summed E-state index contributed by atoms with van der Waals surface area (Å²) in [5.74, 6) is -0.598. The Morgan fingerprint density at radius 1 is 1.10 bits per heavy atom. The van der Waals surface area contributed by atoms with Crippen LogP contribution >= 0.6 is 0 Å². The summed E-state index contributed by atoms with van der Waals surface area (Å²) in [6.45, 7) is 1.83. The molecule has 0 aliphatic carbocycles. The van der Waals surface area contributed by atoms with Crippen LogP contribution in [-0.4, -0.2) is 32.5 Å². The fourth-order valence-corrected chi connectivity index (χ4v) is 4.03. The molecule has 0 saturated carbocycles. The van der Waals surface area contributed by atoms with Gasteiger partial charge in [-0.15, -0.1) is 0 Å². The fraction of sp³-hybridized carbons (Fsp3) is 0.261. The van der Waals surface area contributed by atoms with E-state index >= 15 is 0 Å². The fourth-order valence-electron chi connectivity index (χ4n) is 4.03. The Morgan fingerprint density at radius 3 is 2.66 bits per heavy atom. The molecule has 3 aromatic rings.